The number of imidazole rings is 1. The molecule has 108 valence electrons. The van der Waals surface area contributed by atoms with Gasteiger partial charge in [-0.05, 0) is 63.0 Å². The molecule has 21 heavy (non-hydrogen) atoms. The maximum Gasteiger partial charge on any atom is 0.165 e. The van der Waals surface area contributed by atoms with Gasteiger partial charge in [0.05, 0.1) is 5.69 Å². The van der Waals surface area contributed by atoms with E-state index in [1.54, 1.807) is 0 Å². The zero-order valence-corrected chi connectivity index (χ0v) is 15.2. The van der Waals surface area contributed by atoms with Crippen molar-refractivity contribution >= 4 is 54.6 Å². The molecule has 0 unspecified atom stereocenters. The van der Waals surface area contributed by atoms with Gasteiger partial charge in [-0.1, -0.05) is 6.07 Å². The van der Waals surface area contributed by atoms with Crippen molar-refractivity contribution in [2.45, 2.75) is 13.3 Å². The van der Waals surface area contributed by atoms with Gasteiger partial charge in [-0.25, -0.2) is 9.97 Å². The molecule has 0 radical (unpaired) electrons. The van der Waals surface area contributed by atoms with Gasteiger partial charge in [0, 0.05) is 26.9 Å². The van der Waals surface area contributed by atoms with Gasteiger partial charge >= 0.3 is 0 Å². The monoisotopic (exact) mass is 427 g/mol. The maximum atomic E-state index is 5.94. The molecular weight excluding hydrogens is 417 g/mol. The summed E-state index contributed by atoms with van der Waals surface area (Å²) in [6, 6.07) is 9.96. The standard InChI is InChI=1S/C15H12Br2ClN3/c1-9-5-6-12-15(19-9)21(13(20-12)7-8-18)14-10(16)3-2-4-11(14)17/h2-6H,7-8H2,1H3. The Balaban J connectivity index is 2.38. The Kier molecular flexibility index (Phi) is 4.33. The van der Waals surface area contributed by atoms with Crippen molar-refractivity contribution in [3.05, 3.63) is 50.8 Å². The van der Waals surface area contributed by atoms with E-state index in [4.69, 9.17) is 11.6 Å². The SMILES string of the molecule is Cc1ccc2nc(CCCl)n(-c3c(Br)cccc3Br)c2n1. The van der Waals surface area contributed by atoms with Crippen molar-refractivity contribution in [2.75, 3.05) is 5.88 Å². The van der Waals surface area contributed by atoms with E-state index in [1.165, 1.54) is 0 Å². The van der Waals surface area contributed by atoms with Crippen molar-refractivity contribution in [2.24, 2.45) is 0 Å². The summed E-state index contributed by atoms with van der Waals surface area (Å²) in [5, 5.41) is 0. The molecule has 0 saturated heterocycles. The van der Waals surface area contributed by atoms with E-state index in [0.29, 0.717) is 12.3 Å². The highest BCUT2D eigenvalue weighted by atomic mass is 79.9. The third-order valence-electron chi connectivity index (χ3n) is 3.19. The largest absolute Gasteiger partial charge is 0.278 e. The lowest BCUT2D eigenvalue weighted by Crippen LogP contribution is -2.05. The molecule has 2 aromatic heterocycles. The van der Waals surface area contributed by atoms with Crippen molar-refractivity contribution in [3.63, 3.8) is 0 Å². The molecule has 0 aliphatic rings. The number of fused-ring (bicyclic) bond motifs is 1. The van der Waals surface area contributed by atoms with Gasteiger partial charge in [-0.15, -0.1) is 11.6 Å². The normalized spacial score (nSPS) is 11.2. The first-order chi connectivity index (χ1) is 10.1. The number of halogens is 3. The van der Waals surface area contributed by atoms with Gasteiger partial charge in [0.1, 0.15) is 11.3 Å². The van der Waals surface area contributed by atoms with Crippen LogP contribution in [-0.4, -0.2) is 20.4 Å². The number of rotatable bonds is 3. The van der Waals surface area contributed by atoms with E-state index in [2.05, 4.69) is 46.4 Å². The predicted octanol–water partition coefficient (Wildman–Crippen LogP) is 5.04. The van der Waals surface area contributed by atoms with Gasteiger partial charge < -0.3 is 0 Å². The summed E-state index contributed by atoms with van der Waals surface area (Å²) in [6.45, 7) is 1.98. The highest BCUT2D eigenvalue weighted by Crippen LogP contribution is 2.32. The van der Waals surface area contributed by atoms with Crippen LogP contribution in [0.15, 0.2) is 39.3 Å². The second kappa shape index (κ2) is 6.07. The first-order valence-electron chi connectivity index (χ1n) is 6.47. The first kappa shape index (κ1) is 15.0. The molecule has 0 atom stereocenters. The number of aryl methyl sites for hydroxylation is 2. The molecular formula is C15H12Br2ClN3. The van der Waals surface area contributed by atoms with Crippen LogP contribution in [0.5, 0.6) is 0 Å². The van der Waals surface area contributed by atoms with Crippen LogP contribution in [0.4, 0.5) is 0 Å². The van der Waals surface area contributed by atoms with Crippen LogP contribution in [0.3, 0.4) is 0 Å². The molecule has 2 heterocycles. The summed E-state index contributed by atoms with van der Waals surface area (Å²) in [5.74, 6) is 1.43. The quantitative estimate of drug-likeness (QED) is 0.547. The summed E-state index contributed by atoms with van der Waals surface area (Å²) in [6.07, 6.45) is 0.685. The molecule has 0 aliphatic heterocycles. The second-order valence-corrected chi connectivity index (χ2v) is 6.75. The zero-order chi connectivity index (χ0) is 15.0. The first-order valence-corrected chi connectivity index (χ1v) is 8.59. The number of benzene rings is 1. The smallest absolute Gasteiger partial charge is 0.165 e. The van der Waals surface area contributed by atoms with Crippen LogP contribution in [-0.2, 0) is 6.42 Å². The molecule has 0 amide bonds. The lowest BCUT2D eigenvalue weighted by Gasteiger charge is -2.12. The third-order valence-corrected chi connectivity index (χ3v) is 4.66. The lowest BCUT2D eigenvalue weighted by atomic mass is 10.3. The average Bonchev–Trinajstić information content (AvgIpc) is 2.77. The summed E-state index contributed by atoms with van der Waals surface area (Å²) in [4.78, 5) is 9.33. The lowest BCUT2D eigenvalue weighted by molar-refractivity contribution is 0.898. The van der Waals surface area contributed by atoms with E-state index in [-0.39, 0.29) is 0 Å². The molecule has 3 aromatic rings. The molecule has 0 saturated carbocycles. The fourth-order valence-electron chi connectivity index (χ4n) is 2.29. The van der Waals surface area contributed by atoms with Gasteiger partial charge in [0.15, 0.2) is 5.65 Å². The molecule has 1 aromatic carbocycles. The number of aromatic nitrogens is 3. The van der Waals surface area contributed by atoms with Crippen molar-refractivity contribution in [1.82, 2.24) is 14.5 Å². The fourth-order valence-corrected chi connectivity index (χ4v) is 3.81. The molecule has 6 heteroatoms. The average molecular weight is 430 g/mol. The van der Waals surface area contributed by atoms with Gasteiger partial charge in [-0.2, -0.15) is 0 Å². The molecule has 0 aliphatic carbocycles. The molecule has 0 bridgehead atoms. The van der Waals surface area contributed by atoms with Crippen LogP contribution in [0.25, 0.3) is 16.9 Å². The summed E-state index contributed by atoms with van der Waals surface area (Å²) in [5.41, 5.74) is 3.69. The maximum absolute atomic E-state index is 5.94. The minimum atomic E-state index is 0.518. The number of alkyl halides is 1. The van der Waals surface area contributed by atoms with E-state index < -0.39 is 0 Å². The molecule has 3 rings (SSSR count). The number of para-hydroxylation sites is 1. The topological polar surface area (TPSA) is 30.7 Å². The molecule has 0 N–H and O–H groups in total. The van der Waals surface area contributed by atoms with E-state index in [1.807, 2.05) is 37.3 Å². The fraction of sp³-hybridized carbons (Fsp3) is 0.200. The Morgan fingerprint density at radius 2 is 1.81 bits per heavy atom. The Morgan fingerprint density at radius 1 is 1.10 bits per heavy atom. The van der Waals surface area contributed by atoms with Crippen LogP contribution < -0.4 is 0 Å². The minimum absolute atomic E-state index is 0.518. The number of nitrogens with zero attached hydrogens (tertiary/aromatic N) is 3. The van der Waals surface area contributed by atoms with Crippen LogP contribution in [0.1, 0.15) is 11.5 Å². The van der Waals surface area contributed by atoms with Crippen molar-refractivity contribution in [1.29, 1.82) is 0 Å². The van der Waals surface area contributed by atoms with Gasteiger partial charge in [0.2, 0.25) is 0 Å². The summed E-state index contributed by atoms with van der Waals surface area (Å²) >= 11 is 13.2. The van der Waals surface area contributed by atoms with Gasteiger partial charge in [-0.3, -0.25) is 4.57 Å². The van der Waals surface area contributed by atoms with Crippen molar-refractivity contribution in [3.8, 4) is 5.69 Å². The molecule has 3 nitrogen and oxygen atoms in total. The van der Waals surface area contributed by atoms with Crippen LogP contribution in [0, 0.1) is 6.92 Å². The second-order valence-electron chi connectivity index (χ2n) is 4.67. The number of pyridine rings is 1. The predicted molar refractivity (Wildman–Crippen MR) is 93.4 cm³/mol. The van der Waals surface area contributed by atoms with Gasteiger partial charge in [0.25, 0.3) is 0 Å². The Hall–Kier alpha value is -0.910. The van der Waals surface area contributed by atoms with Crippen molar-refractivity contribution < 1.29 is 0 Å². The highest BCUT2D eigenvalue weighted by Gasteiger charge is 2.17. The van der Waals surface area contributed by atoms with Crippen LogP contribution in [0.2, 0.25) is 0 Å². The third kappa shape index (κ3) is 2.74. The van der Waals surface area contributed by atoms with E-state index >= 15 is 0 Å². The molecule has 0 spiro atoms. The zero-order valence-electron chi connectivity index (χ0n) is 11.3. The summed E-state index contributed by atoms with van der Waals surface area (Å²) in [7, 11) is 0. The Labute approximate surface area is 144 Å². The minimum Gasteiger partial charge on any atom is -0.278 e. The molecule has 0 fully saturated rings. The highest BCUT2D eigenvalue weighted by molar-refractivity contribution is 9.11. The van der Waals surface area contributed by atoms with E-state index in [9.17, 15) is 0 Å². The van der Waals surface area contributed by atoms with Crippen LogP contribution >= 0.6 is 43.5 Å². The van der Waals surface area contributed by atoms with E-state index in [0.717, 1.165) is 37.3 Å². The number of hydrogen-bond donors (Lipinski definition) is 0. The number of hydrogen-bond acceptors (Lipinski definition) is 2. The Bertz CT molecular complexity index is 794. The Morgan fingerprint density at radius 3 is 2.48 bits per heavy atom. The summed E-state index contributed by atoms with van der Waals surface area (Å²) < 4.78 is 4.03.